The van der Waals surface area contributed by atoms with Crippen LogP contribution in [0.25, 0.3) is 0 Å². The predicted octanol–water partition coefficient (Wildman–Crippen LogP) is -0.00360. The third-order valence-corrected chi connectivity index (χ3v) is 3.57. The zero-order valence-electron chi connectivity index (χ0n) is 11.0. The van der Waals surface area contributed by atoms with Crippen molar-refractivity contribution in [3.05, 3.63) is 12.7 Å². The summed E-state index contributed by atoms with van der Waals surface area (Å²) in [6, 6.07) is 0. The first-order valence-corrected chi connectivity index (χ1v) is 6.73. The Morgan fingerprint density at radius 1 is 1.06 bits per heavy atom. The van der Waals surface area contributed by atoms with Crippen molar-refractivity contribution < 1.29 is 9.53 Å². The lowest BCUT2D eigenvalue weighted by molar-refractivity contribution is -0.128. The summed E-state index contributed by atoms with van der Waals surface area (Å²) in [5.74, 6) is 0.0535. The molecule has 1 amide bonds. The van der Waals surface area contributed by atoms with Gasteiger partial charge >= 0.3 is 0 Å². The van der Waals surface area contributed by atoms with Gasteiger partial charge in [-0.2, -0.15) is 0 Å². The zero-order chi connectivity index (χ0) is 12.8. The molecule has 102 valence electrons. The SMILES string of the molecule is C=CC(=O)N1CCN(CN2CCCOCC2)CC1. The summed E-state index contributed by atoms with van der Waals surface area (Å²) in [5, 5.41) is 0. The van der Waals surface area contributed by atoms with Gasteiger partial charge in [0.05, 0.1) is 13.3 Å². The molecule has 0 saturated carbocycles. The molecule has 0 atom stereocenters. The van der Waals surface area contributed by atoms with Crippen molar-refractivity contribution in [3.8, 4) is 0 Å². The fourth-order valence-electron chi connectivity index (χ4n) is 2.46. The third-order valence-electron chi connectivity index (χ3n) is 3.57. The molecule has 0 radical (unpaired) electrons. The van der Waals surface area contributed by atoms with Crippen molar-refractivity contribution in [2.75, 3.05) is 59.2 Å². The van der Waals surface area contributed by atoms with Gasteiger partial charge in [-0.15, -0.1) is 0 Å². The number of hydrogen-bond donors (Lipinski definition) is 0. The molecule has 0 aromatic heterocycles. The molecule has 2 saturated heterocycles. The number of ether oxygens (including phenoxy) is 1. The van der Waals surface area contributed by atoms with E-state index in [0.29, 0.717) is 0 Å². The molecule has 0 unspecified atom stereocenters. The highest BCUT2D eigenvalue weighted by atomic mass is 16.5. The molecule has 2 aliphatic heterocycles. The summed E-state index contributed by atoms with van der Waals surface area (Å²) in [7, 11) is 0. The highest BCUT2D eigenvalue weighted by molar-refractivity contribution is 5.87. The summed E-state index contributed by atoms with van der Waals surface area (Å²) < 4.78 is 5.45. The molecule has 18 heavy (non-hydrogen) atoms. The van der Waals surface area contributed by atoms with Crippen LogP contribution in [0.4, 0.5) is 0 Å². The maximum absolute atomic E-state index is 11.5. The molecule has 2 fully saturated rings. The van der Waals surface area contributed by atoms with E-state index in [0.717, 1.165) is 65.6 Å². The molecule has 0 aromatic carbocycles. The molecule has 5 heteroatoms. The van der Waals surface area contributed by atoms with Crippen LogP contribution in [0.2, 0.25) is 0 Å². The van der Waals surface area contributed by atoms with Gasteiger partial charge in [-0.25, -0.2) is 0 Å². The minimum absolute atomic E-state index is 0.0535. The molecule has 2 rings (SSSR count). The van der Waals surface area contributed by atoms with E-state index < -0.39 is 0 Å². The molecule has 5 nitrogen and oxygen atoms in total. The van der Waals surface area contributed by atoms with Gasteiger partial charge in [0, 0.05) is 45.9 Å². The Hall–Kier alpha value is -0.910. The molecule has 2 aliphatic rings. The van der Waals surface area contributed by atoms with Crippen LogP contribution in [-0.4, -0.2) is 79.8 Å². The normalized spacial score (nSPS) is 23.7. The number of carbonyl (C=O) groups excluding carboxylic acids is 1. The van der Waals surface area contributed by atoms with Crippen LogP contribution in [0, 0.1) is 0 Å². The fraction of sp³-hybridized carbons (Fsp3) is 0.769. The van der Waals surface area contributed by atoms with Crippen molar-refractivity contribution >= 4 is 5.91 Å². The van der Waals surface area contributed by atoms with Crippen LogP contribution in [0.15, 0.2) is 12.7 Å². The molecular formula is C13H23N3O2. The second-order valence-electron chi connectivity index (χ2n) is 4.87. The molecule has 0 bridgehead atoms. The lowest BCUT2D eigenvalue weighted by Gasteiger charge is -2.36. The first-order chi connectivity index (χ1) is 8.79. The maximum Gasteiger partial charge on any atom is 0.246 e. The lowest BCUT2D eigenvalue weighted by atomic mass is 10.3. The van der Waals surface area contributed by atoms with Crippen molar-refractivity contribution in [1.82, 2.24) is 14.7 Å². The summed E-state index contributed by atoms with van der Waals surface area (Å²) in [6.07, 6.45) is 2.52. The molecule has 0 aromatic rings. The third kappa shape index (κ3) is 3.80. The van der Waals surface area contributed by atoms with E-state index >= 15 is 0 Å². The number of carbonyl (C=O) groups is 1. The van der Waals surface area contributed by atoms with E-state index in [1.165, 1.54) is 6.08 Å². The van der Waals surface area contributed by atoms with Crippen LogP contribution in [0.3, 0.4) is 0 Å². The van der Waals surface area contributed by atoms with Crippen molar-refractivity contribution in [2.45, 2.75) is 6.42 Å². The second kappa shape index (κ2) is 6.87. The van der Waals surface area contributed by atoms with Gasteiger partial charge < -0.3 is 9.64 Å². The number of rotatable bonds is 3. The summed E-state index contributed by atoms with van der Waals surface area (Å²) in [6.45, 7) is 11.9. The van der Waals surface area contributed by atoms with Crippen LogP contribution in [-0.2, 0) is 9.53 Å². The van der Waals surface area contributed by atoms with Gasteiger partial charge in [-0.1, -0.05) is 6.58 Å². The topological polar surface area (TPSA) is 36.0 Å². The Labute approximate surface area is 109 Å². The van der Waals surface area contributed by atoms with Crippen LogP contribution in [0.5, 0.6) is 0 Å². The minimum atomic E-state index is 0.0535. The monoisotopic (exact) mass is 253 g/mol. The van der Waals surface area contributed by atoms with Gasteiger partial charge in [0.25, 0.3) is 0 Å². The number of hydrogen-bond acceptors (Lipinski definition) is 4. The summed E-state index contributed by atoms with van der Waals surface area (Å²) in [5.41, 5.74) is 0. The van der Waals surface area contributed by atoms with Gasteiger partial charge in [0.15, 0.2) is 0 Å². The Kier molecular flexibility index (Phi) is 5.16. The van der Waals surface area contributed by atoms with E-state index in [1.807, 2.05) is 4.90 Å². The molecule has 0 aliphatic carbocycles. The first kappa shape index (κ1) is 13.5. The highest BCUT2D eigenvalue weighted by Gasteiger charge is 2.21. The average molecular weight is 253 g/mol. The zero-order valence-corrected chi connectivity index (χ0v) is 11.0. The Bertz CT molecular complexity index is 280. The summed E-state index contributed by atoms with van der Waals surface area (Å²) >= 11 is 0. The lowest BCUT2D eigenvalue weighted by Crippen LogP contribution is -2.51. The van der Waals surface area contributed by atoms with Gasteiger partial charge in [-0.05, 0) is 12.5 Å². The number of nitrogens with zero attached hydrogens (tertiary/aromatic N) is 3. The standard InChI is InChI=1S/C13H23N3O2/c1-2-13(17)16-7-5-15(6-8-16)12-14-4-3-10-18-11-9-14/h2H,1,3-12H2. The van der Waals surface area contributed by atoms with E-state index in [9.17, 15) is 4.79 Å². The maximum atomic E-state index is 11.5. The smallest absolute Gasteiger partial charge is 0.246 e. The van der Waals surface area contributed by atoms with Crippen molar-refractivity contribution in [2.24, 2.45) is 0 Å². The van der Waals surface area contributed by atoms with Gasteiger partial charge in [-0.3, -0.25) is 14.6 Å². The first-order valence-electron chi connectivity index (χ1n) is 6.73. The Balaban J connectivity index is 1.72. The predicted molar refractivity (Wildman–Crippen MR) is 70.2 cm³/mol. The van der Waals surface area contributed by atoms with E-state index in [2.05, 4.69) is 16.4 Å². The summed E-state index contributed by atoms with van der Waals surface area (Å²) in [4.78, 5) is 18.2. The largest absolute Gasteiger partial charge is 0.380 e. The molecule has 0 N–H and O–H groups in total. The van der Waals surface area contributed by atoms with Crippen molar-refractivity contribution in [1.29, 1.82) is 0 Å². The van der Waals surface area contributed by atoms with Crippen molar-refractivity contribution in [3.63, 3.8) is 0 Å². The van der Waals surface area contributed by atoms with E-state index in [-0.39, 0.29) is 5.91 Å². The molecule has 2 heterocycles. The van der Waals surface area contributed by atoms with Crippen LogP contribution in [0.1, 0.15) is 6.42 Å². The molecule has 0 spiro atoms. The fourth-order valence-corrected chi connectivity index (χ4v) is 2.46. The van der Waals surface area contributed by atoms with E-state index in [1.54, 1.807) is 0 Å². The Morgan fingerprint density at radius 2 is 1.78 bits per heavy atom. The second-order valence-corrected chi connectivity index (χ2v) is 4.87. The average Bonchev–Trinajstić information content (AvgIpc) is 2.67. The number of amides is 1. The quantitative estimate of drug-likeness (QED) is 0.663. The van der Waals surface area contributed by atoms with E-state index in [4.69, 9.17) is 4.74 Å². The Morgan fingerprint density at radius 3 is 2.50 bits per heavy atom. The van der Waals surface area contributed by atoms with Crippen LogP contribution >= 0.6 is 0 Å². The minimum Gasteiger partial charge on any atom is -0.380 e. The molecular weight excluding hydrogens is 230 g/mol. The number of piperazine rings is 1. The highest BCUT2D eigenvalue weighted by Crippen LogP contribution is 2.06. The van der Waals surface area contributed by atoms with Gasteiger partial charge in [0.1, 0.15) is 0 Å². The van der Waals surface area contributed by atoms with Crippen LogP contribution < -0.4 is 0 Å². The van der Waals surface area contributed by atoms with Gasteiger partial charge in [0.2, 0.25) is 5.91 Å².